The molecule has 124 valence electrons. The second-order valence-electron chi connectivity index (χ2n) is 6.01. The molecular weight excluding hydrogens is 342 g/mol. The third-order valence-corrected chi connectivity index (χ3v) is 5.32. The van der Waals surface area contributed by atoms with Crippen LogP contribution in [0, 0.1) is 0 Å². The van der Waals surface area contributed by atoms with Crippen LogP contribution in [0.25, 0.3) is 43.6 Å². The number of hydrogen-bond acceptors (Lipinski definition) is 4. The lowest BCUT2D eigenvalue weighted by atomic mass is 9.98. The molecule has 0 radical (unpaired) electrons. The highest BCUT2D eigenvalue weighted by molar-refractivity contribution is 7.13. The average Bonchev–Trinajstić information content (AvgIpc) is 3.23. The minimum Gasteiger partial charge on any atom is -0.421 e. The van der Waals surface area contributed by atoms with E-state index in [2.05, 4.69) is 23.2 Å². The van der Waals surface area contributed by atoms with Crippen LogP contribution in [0.5, 0.6) is 0 Å². The number of hydrogen-bond donors (Lipinski definition) is 0. The zero-order valence-corrected chi connectivity index (χ0v) is 14.5. The first kappa shape index (κ1) is 15.0. The molecule has 2 aromatic carbocycles. The van der Waals surface area contributed by atoms with Crippen LogP contribution in [0.3, 0.4) is 0 Å². The lowest BCUT2D eigenvalue weighted by Gasteiger charge is -2.11. The number of pyridine rings is 1. The molecule has 4 heteroatoms. The highest BCUT2D eigenvalue weighted by Gasteiger charge is 2.16. The Hall–Kier alpha value is -3.24. The molecule has 0 aliphatic heterocycles. The number of fused-ring (bicyclic) bond motifs is 3. The predicted octanol–water partition coefficient (Wildman–Crippen LogP) is 5.74. The van der Waals surface area contributed by atoms with Crippen molar-refractivity contribution >= 4 is 33.2 Å². The Balaban J connectivity index is 1.99. The van der Waals surface area contributed by atoms with E-state index in [1.54, 1.807) is 11.3 Å². The Bertz CT molecular complexity index is 1290. The van der Waals surface area contributed by atoms with Gasteiger partial charge in [-0.1, -0.05) is 54.6 Å². The minimum absolute atomic E-state index is 0.369. The molecule has 26 heavy (non-hydrogen) atoms. The van der Waals surface area contributed by atoms with Crippen molar-refractivity contribution in [3.8, 4) is 21.7 Å². The van der Waals surface area contributed by atoms with E-state index in [1.165, 1.54) is 0 Å². The van der Waals surface area contributed by atoms with Gasteiger partial charge in [0.1, 0.15) is 5.58 Å². The molecule has 0 aliphatic carbocycles. The van der Waals surface area contributed by atoms with Gasteiger partial charge >= 0.3 is 5.63 Å². The highest BCUT2D eigenvalue weighted by Crippen LogP contribution is 2.35. The minimum atomic E-state index is -0.408. The smallest absolute Gasteiger partial charge is 0.363 e. The number of aromatic nitrogens is 1. The SMILES string of the molecule is O=c1oc2ccccc2c2c(-c3ccccc3)cc(-c3cccs3)nc12. The van der Waals surface area contributed by atoms with Gasteiger partial charge in [-0.15, -0.1) is 11.3 Å². The second kappa shape index (κ2) is 5.93. The van der Waals surface area contributed by atoms with E-state index in [-0.39, 0.29) is 0 Å². The number of benzene rings is 2. The van der Waals surface area contributed by atoms with E-state index in [1.807, 2.05) is 60.0 Å². The van der Waals surface area contributed by atoms with Crippen LogP contribution in [-0.4, -0.2) is 4.98 Å². The van der Waals surface area contributed by atoms with Gasteiger partial charge in [-0.3, -0.25) is 0 Å². The Kier molecular flexibility index (Phi) is 3.43. The van der Waals surface area contributed by atoms with Crippen molar-refractivity contribution in [2.45, 2.75) is 0 Å². The predicted molar refractivity (Wildman–Crippen MR) is 107 cm³/mol. The summed E-state index contributed by atoms with van der Waals surface area (Å²) in [6.45, 7) is 0. The van der Waals surface area contributed by atoms with Crippen molar-refractivity contribution < 1.29 is 4.42 Å². The van der Waals surface area contributed by atoms with E-state index in [9.17, 15) is 4.79 Å². The summed E-state index contributed by atoms with van der Waals surface area (Å²) in [5, 5.41) is 3.74. The number of thiophene rings is 1. The summed E-state index contributed by atoms with van der Waals surface area (Å²) < 4.78 is 5.52. The van der Waals surface area contributed by atoms with Crippen molar-refractivity contribution in [1.29, 1.82) is 0 Å². The fourth-order valence-corrected chi connectivity index (χ4v) is 3.96. The number of para-hydroxylation sites is 1. The molecule has 0 unspecified atom stereocenters. The summed E-state index contributed by atoms with van der Waals surface area (Å²) in [7, 11) is 0. The summed E-state index contributed by atoms with van der Waals surface area (Å²) in [5.74, 6) is 0. The van der Waals surface area contributed by atoms with Gasteiger partial charge in [-0.05, 0) is 34.7 Å². The van der Waals surface area contributed by atoms with Crippen LogP contribution in [-0.2, 0) is 0 Å². The Morgan fingerprint density at radius 2 is 1.69 bits per heavy atom. The van der Waals surface area contributed by atoms with Gasteiger partial charge < -0.3 is 4.42 Å². The molecule has 3 heterocycles. The molecule has 0 amide bonds. The van der Waals surface area contributed by atoms with E-state index in [0.29, 0.717) is 11.1 Å². The van der Waals surface area contributed by atoms with Gasteiger partial charge in [0, 0.05) is 10.8 Å². The summed E-state index contributed by atoms with van der Waals surface area (Å²) in [6.07, 6.45) is 0. The summed E-state index contributed by atoms with van der Waals surface area (Å²) in [5.41, 5.74) is 3.36. The Morgan fingerprint density at radius 1 is 0.885 bits per heavy atom. The molecule has 0 bridgehead atoms. The number of rotatable bonds is 2. The van der Waals surface area contributed by atoms with Crippen LogP contribution in [0.4, 0.5) is 0 Å². The first-order chi connectivity index (χ1) is 12.8. The molecule has 0 saturated carbocycles. The van der Waals surface area contributed by atoms with Gasteiger partial charge in [0.05, 0.1) is 10.6 Å². The normalized spacial score (nSPS) is 11.2. The molecule has 0 N–H and O–H groups in total. The van der Waals surface area contributed by atoms with Crippen LogP contribution in [0.1, 0.15) is 0 Å². The van der Waals surface area contributed by atoms with Crippen molar-refractivity contribution in [3.05, 3.63) is 88.6 Å². The molecule has 0 atom stereocenters. The first-order valence-corrected chi connectivity index (χ1v) is 9.15. The molecule has 0 saturated heterocycles. The zero-order chi connectivity index (χ0) is 17.5. The average molecular weight is 355 g/mol. The van der Waals surface area contributed by atoms with E-state index < -0.39 is 5.63 Å². The van der Waals surface area contributed by atoms with Crippen molar-refractivity contribution in [2.24, 2.45) is 0 Å². The molecule has 0 fully saturated rings. The lowest BCUT2D eigenvalue weighted by molar-refractivity contribution is 0.568. The quantitative estimate of drug-likeness (QED) is 0.300. The van der Waals surface area contributed by atoms with E-state index in [0.717, 1.165) is 32.5 Å². The van der Waals surface area contributed by atoms with E-state index in [4.69, 9.17) is 4.42 Å². The topological polar surface area (TPSA) is 43.1 Å². The van der Waals surface area contributed by atoms with E-state index >= 15 is 0 Å². The van der Waals surface area contributed by atoms with Crippen molar-refractivity contribution in [3.63, 3.8) is 0 Å². The maximum atomic E-state index is 12.7. The molecule has 3 aromatic heterocycles. The fourth-order valence-electron chi connectivity index (χ4n) is 3.27. The lowest BCUT2D eigenvalue weighted by Crippen LogP contribution is -2.04. The van der Waals surface area contributed by atoms with Gasteiger partial charge in [-0.25, -0.2) is 9.78 Å². The largest absolute Gasteiger partial charge is 0.421 e. The third-order valence-electron chi connectivity index (χ3n) is 4.43. The van der Waals surface area contributed by atoms with Crippen molar-refractivity contribution in [2.75, 3.05) is 0 Å². The maximum absolute atomic E-state index is 12.7. The first-order valence-electron chi connectivity index (χ1n) is 8.27. The highest BCUT2D eigenvalue weighted by atomic mass is 32.1. The Labute approximate surface area is 153 Å². The van der Waals surface area contributed by atoms with Crippen LogP contribution in [0.15, 0.2) is 87.4 Å². The van der Waals surface area contributed by atoms with Gasteiger partial charge in [-0.2, -0.15) is 0 Å². The Morgan fingerprint density at radius 3 is 2.50 bits per heavy atom. The van der Waals surface area contributed by atoms with Gasteiger partial charge in [0.25, 0.3) is 0 Å². The van der Waals surface area contributed by atoms with Gasteiger partial charge in [0.2, 0.25) is 0 Å². The zero-order valence-electron chi connectivity index (χ0n) is 13.7. The summed E-state index contributed by atoms with van der Waals surface area (Å²) in [6, 6.07) is 23.8. The molecule has 0 aliphatic rings. The third kappa shape index (κ3) is 2.35. The second-order valence-corrected chi connectivity index (χ2v) is 6.96. The summed E-state index contributed by atoms with van der Waals surface area (Å²) in [4.78, 5) is 18.4. The number of nitrogens with zero attached hydrogens (tertiary/aromatic N) is 1. The van der Waals surface area contributed by atoms with Crippen molar-refractivity contribution in [1.82, 2.24) is 4.98 Å². The van der Waals surface area contributed by atoms with Gasteiger partial charge in [0.15, 0.2) is 5.52 Å². The monoisotopic (exact) mass is 355 g/mol. The van der Waals surface area contributed by atoms with Crippen LogP contribution < -0.4 is 5.63 Å². The maximum Gasteiger partial charge on any atom is 0.363 e. The molecular formula is C22H13NO2S. The van der Waals surface area contributed by atoms with Crippen LogP contribution >= 0.6 is 11.3 Å². The molecule has 0 spiro atoms. The molecule has 3 nitrogen and oxygen atoms in total. The van der Waals surface area contributed by atoms with Crippen LogP contribution in [0.2, 0.25) is 0 Å². The molecule has 5 rings (SSSR count). The standard InChI is InChI=1S/C22H13NO2S/c24-22-21-20(15-9-4-5-10-18(15)25-22)16(14-7-2-1-3-8-14)13-17(23-21)19-11-6-12-26-19/h1-13H. The molecule has 5 aromatic rings. The fraction of sp³-hybridized carbons (Fsp3) is 0. The summed E-state index contributed by atoms with van der Waals surface area (Å²) >= 11 is 1.60.